The molecule has 2 aromatic carbocycles. The third-order valence-corrected chi connectivity index (χ3v) is 3.08. The Labute approximate surface area is 125 Å². The van der Waals surface area contributed by atoms with Gasteiger partial charge in [-0.25, -0.2) is 4.39 Å². The fourth-order valence-electron chi connectivity index (χ4n) is 1.60. The van der Waals surface area contributed by atoms with Gasteiger partial charge < -0.3 is 15.8 Å². The molecule has 3 nitrogen and oxygen atoms in total. The molecule has 0 bridgehead atoms. The third-order valence-electron chi connectivity index (χ3n) is 2.47. The van der Waals surface area contributed by atoms with Crippen LogP contribution in [0.4, 0.5) is 34.6 Å². The van der Waals surface area contributed by atoms with Gasteiger partial charge in [0.05, 0.1) is 21.5 Å². The summed E-state index contributed by atoms with van der Waals surface area (Å²) in [7, 11) is 0. The normalized spacial score (nSPS) is 11.3. The van der Waals surface area contributed by atoms with Crippen LogP contribution in [0.25, 0.3) is 0 Å². The zero-order valence-corrected chi connectivity index (χ0v) is 11.9. The summed E-state index contributed by atoms with van der Waals surface area (Å²) in [5, 5.41) is 2.62. The van der Waals surface area contributed by atoms with Crippen LogP contribution in [-0.2, 0) is 0 Å². The maximum atomic E-state index is 13.5. The zero-order valence-electron chi connectivity index (χ0n) is 10.3. The van der Waals surface area contributed by atoms with Gasteiger partial charge in [-0.15, -0.1) is 13.2 Å². The SMILES string of the molecule is Nc1cc(Br)c(F)cc1Nc1ccccc1OC(F)(F)F. The molecule has 0 aliphatic carbocycles. The van der Waals surface area contributed by atoms with Crippen molar-refractivity contribution in [3.05, 3.63) is 46.7 Å². The highest BCUT2D eigenvalue weighted by Crippen LogP contribution is 2.35. The summed E-state index contributed by atoms with van der Waals surface area (Å²) in [6.45, 7) is 0. The molecule has 0 aromatic heterocycles. The number of nitrogens with one attached hydrogen (secondary N) is 1. The fourth-order valence-corrected chi connectivity index (χ4v) is 1.96. The van der Waals surface area contributed by atoms with E-state index in [9.17, 15) is 17.6 Å². The van der Waals surface area contributed by atoms with Crippen LogP contribution in [0.1, 0.15) is 0 Å². The predicted octanol–water partition coefficient (Wildman–Crippen LogP) is 4.81. The number of alkyl halides is 3. The Morgan fingerprint density at radius 3 is 2.43 bits per heavy atom. The lowest BCUT2D eigenvalue weighted by molar-refractivity contribution is -0.274. The van der Waals surface area contributed by atoms with E-state index in [1.165, 1.54) is 24.3 Å². The second-order valence-corrected chi connectivity index (χ2v) is 4.88. The molecule has 0 saturated heterocycles. The van der Waals surface area contributed by atoms with Crippen molar-refractivity contribution in [2.75, 3.05) is 11.1 Å². The van der Waals surface area contributed by atoms with Gasteiger partial charge in [0.15, 0.2) is 5.75 Å². The number of benzene rings is 2. The molecule has 0 saturated carbocycles. The number of ether oxygens (including phenoxy) is 1. The molecule has 0 aliphatic rings. The van der Waals surface area contributed by atoms with Crippen molar-refractivity contribution in [2.45, 2.75) is 6.36 Å². The van der Waals surface area contributed by atoms with Crippen LogP contribution in [0.5, 0.6) is 5.75 Å². The van der Waals surface area contributed by atoms with E-state index in [1.807, 2.05) is 0 Å². The van der Waals surface area contributed by atoms with Gasteiger partial charge in [-0.2, -0.15) is 0 Å². The fraction of sp³-hybridized carbons (Fsp3) is 0.0769. The van der Waals surface area contributed by atoms with Crippen molar-refractivity contribution in [2.24, 2.45) is 0 Å². The molecule has 112 valence electrons. The molecule has 3 N–H and O–H groups in total. The van der Waals surface area contributed by atoms with E-state index >= 15 is 0 Å². The van der Waals surface area contributed by atoms with Crippen LogP contribution in [-0.4, -0.2) is 6.36 Å². The summed E-state index contributed by atoms with van der Waals surface area (Å²) in [5.41, 5.74) is 6.01. The van der Waals surface area contributed by atoms with Gasteiger partial charge in [0, 0.05) is 6.07 Å². The Morgan fingerprint density at radius 2 is 1.76 bits per heavy atom. The highest BCUT2D eigenvalue weighted by molar-refractivity contribution is 9.10. The van der Waals surface area contributed by atoms with E-state index in [4.69, 9.17) is 5.73 Å². The Bertz CT molecular complexity index is 661. The summed E-state index contributed by atoms with van der Waals surface area (Å²) < 4.78 is 54.5. The van der Waals surface area contributed by atoms with E-state index in [-0.39, 0.29) is 21.5 Å². The molecule has 0 fully saturated rings. The predicted molar refractivity (Wildman–Crippen MR) is 74.9 cm³/mol. The minimum Gasteiger partial charge on any atom is -0.404 e. The number of halogens is 5. The first kappa shape index (κ1) is 15.4. The van der Waals surface area contributed by atoms with Crippen LogP contribution in [0, 0.1) is 5.82 Å². The minimum absolute atomic E-state index is 0.0169. The average molecular weight is 365 g/mol. The highest BCUT2D eigenvalue weighted by Gasteiger charge is 2.32. The van der Waals surface area contributed by atoms with Crippen molar-refractivity contribution in [3.63, 3.8) is 0 Å². The van der Waals surface area contributed by atoms with Crippen molar-refractivity contribution >= 4 is 33.0 Å². The van der Waals surface area contributed by atoms with Crippen molar-refractivity contribution < 1.29 is 22.3 Å². The highest BCUT2D eigenvalue weighted by atomic mass is 79.9. The number of para-hydroxylation sites is 2. The molecule has 0 heterocycles. The third kappa shape index (κ3) is 4.01. The molecule has 0 unspecified atom stereocenters. The van der Waals surface area contributed by atoms with Crippen LogP contribution >= 0.6 is 15.9 Å². The lowest BCUT2D eigenvalue weighted by Gasteiger charge is -2.15. The molecule has 0 spiro atoms. The van der Waals surface area contributed by atoms with Gasteiger partial charge in [0.2, 0.25) is 0 Å². The lowest BCUT2D eigenvalue weighted by atomic mass is 10.2. The Morgan fingerprint density at radius 1 is 1.10 bits per heavy atom. The van der Waals surface area contributed by atoms with Crippen LogP contribution in [0.3, 0.4) is 0 Å². The van der Waals surface area contributed by atoms with Crippen molar-refractivity contribution in [1.82, 2.24) is 0 Å². The van der Waals surface area contributed by atoms with Gasteiger partial charge in [0.1, 0.15) is 5.82 Å². The van der Waals surface area contributed by atoms with Crippen LogP contribution in [0.2, 0.25) is 0 Å². The van der Waals surface area contributed by atoms with Gasteiger partial charge >= 0.3 is 6.36 Å². The van der Waals surface area contributed by atoms with Crippen molar-refractivity contribution in [3.8, 4) is 5.75 Å². The van der Waals surface area contributed by atoms with E-state index in [1.54, 1.807) is 0 Å². The molecule has 21 heavy (non-hydrogen) atoms. The van der Waals surface area contributed by atoms with E-state index in [0.29, 0.717) is 0 Å². The largest absolute Gasteiger partial charge is 0.573 e. The minimum atomic E-state index is -4.83. The van der Waals surface area contributed by atoms with Crippen molar-refractivity contribution in [1.29, 1.82) is 0 Å². The Kier molecular flexibility index (Phi) is 4.26. The summed E-state index contributed by atoms with van der Waals surface area (Å²) in [4.78, 5) is 0. The standard InChI is InChI=1S/C13H9BrF4N2O/c14-7-5-9(19)11(6-8(7)15)20-10-3-1-2-4-12(10)21-13(16,17)18/h1-6,20H,19H2. The van der Waals surface area contributed by atoms with Gasteiger partial charge in [-0.3, -0.25) is 0 Å². The Balaban J connectivity index is 2.34. The molecule has 0 amide bonds. The first-order valence-electron chi connectivity index (χ1n) is 5.62. The first-order chi connectivity index (χ1) is 9.76. The first-order valence-corrected chi connectivity index (χ1v) is 6.42. The molecular weight excluding hydrogens is 356 g/mol. The number of hydrogen-bond donors (Lipinski definition) is 2. The van der Waals surface area contributed by atoms with Gasteiger partial charge in [-0.1, -0.05) is 12.1 Å². The summed E-state index contributed by atoms with van der Waals surface area (Å²) in [6, 6.07) is 7.78. The second kappa shape index (κ2) is 5.80. The number of nitrogens with two attached hydrogens (primary N) is 1. The maximum Gasteiger partial charge on any atom is 0.573 e. The monoisotopic (exact) mass is 364 g/mol. The number of anilines is 3. The quantitative estimate of drug-likeness (QED) is 0.606. The van der Waals surface area contributed by atoms with E-state index in [2.05, 4.69) is 26.0 Å². The molecule has 0 radical (unpaired) electrons. The smallest absolute Gasteiger partial charge is 0.404 e. The molecule has 8 heteroatoms. The number of rotatable bonds is 3. The average Bonchev–Trinajstić information content (AvgIpc) is 2.36. The molecule has 2 aromatic rings. The number of nitrogen functional groups attached to an aromatic ring is 1. The van der Waals surface area contributed by atoms with Gasteiger partial charge in [0.25, 0.3) is 0 Å². The maximum absolute atomic E-state index is 13.5. The summed E-state index contributed by atoms with van der Waals surface area (Å²) >= 11 is 2.96. The second-order valence-electron chi connectivity index (χ2n) is 4.02. The van der Waals surface area contributed by atoms with Crippen LogP contribution in [0.15, 0.2) is 40.9 Å². The van der Waals surface area contributed by atoms with E-state index in [0.717, 1.165) is 12.1 Å². The van der Waals surface area contributed by atoms with Gasteiger partial charge in [-0.05, 0) is 34.1 Å². The molecular formula is C13H9BrF4N2O. The summed E-state index contributed by atoms with van der Waals surface area (Å²) in [5.74, 6) is -1.03. The lowest BCUT2D eigenvalue weighted by Crippen LogP contribution is -2.17. The summed E-state index contributed by atoms with van der Waals surface area (Å²) in [6.07, 6.45) is -4.83. The molecule has 2 rings (SSSR count). The molecule has 0 aliphatic heterocycles. The topological polar surface area (TPSA) is 47.3 Å². The zero-order chi connectivity index (χ0) is 15.6. The van der Waals surface area contributed by atoms with E-state index < -0.39 is 17.9 Å². The molecule has 0 atom stereocenters. The Hall–Kier alpha value is -1.96. The number of hydrogen-bond acceptors (Lipinski definition) is 3. The van der Waals surface area contributed by atoms with Crippen LogP contribution < -0.4 is 15.8 Å².